The Morgan fingerprint density at radius 2 is 1.76 bits per heavy atom. The van der Waals surface area contributed by atoms with Gasteiger partial charge in [-0.3, -0.25) is 0 Å². The molecule has 3 aromatic rings. The summed E-state index contributed by atoms with van der Waals surface area (Å²) in [6, 6.07) is 16.0. The molecule has 4 nitrogen and oxygen atoms in total. The van der Waals surface area contributed by atoms with Crippen molar-refractivity contribution in [3.63, 3.8) is 0 Å². The molecule has 0 saturated heterocycles. The fraction of sp³-hybridized carbons (Fsp3) is 0.238. The normalized spacial score (nSPS) is 21.3. The maximum atomic E-state index is 10.0. The number of aryl methyl sites for hydroxylation is 1. The van der Waals surface area contributed by atoms with Gasteiger partial charge in [0.1, 0.15) is 11.5 Å². The first-order chi connectivity index (χ1) is 12.2. The second kappa shape index (κ2) is 5.39. The Labute approximate surface area is 145 Å². The van der Waals surface area contributed by atoms with E-state index in [4.69, 9.17) is 4.42 Å². The van der Waals surface area contributed by atoms with Crippen LogP contribution in [0.3, 0.4) is 0 Å². The molecule has 4 heteroatoms. The number of rotatable bonds is 1. The maximum Gasteiger partial charge on any atom is 0.157 e. The van der Waals surface area contributed by atoms with Gasteiger partial charge in [0.15, 0.2) is 11.5 Å². The third-order valence-electron chi connectivity index (χ3n) is 5.46. The number of phenols is 2. The molecular formula is C21H19NO3. The number of hydrogen-bond donors (Lipinski definition) is 3. The predicted octanol–water partition coefficient (Wildman–Crippen LogP) is 3.91. The van der Waals surface area contributed by atoms with Gasteiger partial charge < -0.3 is 19.9 Å². The topological polar surface area (TPSA) is 65.6 Å². The smallest absolute Gasteiger partial charge is 0.157 e. The summed E-state index contributed by atoms with van der Waals surface area (Å²) < 4.78 is 6.14. The molecule has 3 N–H and O–H groups in total. The maximum absolute atomic E-state index is 10.0. The third kappa shape index (κ3) is 2.25. The van der Waals surface area contributed by atoms with Crippen LogP contribution in [-0.2, 0) is 13.0 Å². The highest BCUT2D eigenvalue weighted by atomic mass is 16.3. The van der Waals surface area contributed by atoms with Crippen LogP contribution in [0.4, 0.5) is 0 Å². The number of nitrogens with one attached hydrogen (secondary N) is 1. The number of furan rings is 1. The number of phenolic OH excluding ortho intramolecular Hbond substituents is 2. The monoisotopic (exact) mass is 333 g/mol. The van der Waals surface area contributed by atoms with Gasteiger partial charge in [0.2, 0.25) is 0 Å². The standard InChI is InChI=1S/C21H19NO3/c23-17-8-13-6-7-16-21(14(13)9-18(17)24)15-10-19(25-20(15)11-22-16)12-4-2-1-3-5-12/h1-5,8-10,16,21-24H,6-7,11H2/t16-,21+/m1/s1. The summed E-state index contributed by atoms with van der Waals surface area (Å²) in [5.41, 5.74) is 4.45. The van der Waals surface area contributed by atoms with Gasteiger partial charge in [0, 0.05) is 23.1 Å². The molecule has 1 aliphatic carbocycles. The van der Waals surface area contributed by atoms with Crippen molar-refractivity contribution in [1.29, 1.82) is 0 Å². The minimum atomic E-state index is -0.0571. The van der Waals surface area contributed by atoms with Crippen molar-refractivity contribution < 1.29 is 14.6 Å². The number of aromatic hydroxyl groups is 2. The molecule has 126 valence electrons. The average Bonchev–Trinajstić information content (AvgIpc) is 3.07. The molecule has 2 aromatic carbocycles. The zero-order valence-corrected chi connectivity index (χ0v) is 13.7. The summed E-state index contributed by atoms with van der Waals surface area (Å²) in [4.78, 5) is 0. The molecule has 0 radical (unpaired) electrons. The first-order valence-corrected chi connectivity index (χ1v) is 8.67. The van der Waals surface area contributed by atoms with E-state index in [-0.39, 0.29) is 17.4 Å². The minimum Gasteiger partial charge on any atom is -0.504 e. The Bertz CT molecular complexity index is 945. The van der Waals surface area contributed by atoms with Gasteiger partial charge >= 0.3 is 0 Å². The molecule has 2 aliphatic rings. The highest BCUT2D eigenvalue weighted by Gasteiger charge is 2.37. The van der Waals surface area contributed by atoms with Crippen molar-refractivity contribution in [2.24, 2.45) is 0 Å². The molecular weight excluding hydrogens is 314 g/mol. The summed E-state index contributed by atoms with van der Waals surface area (Å²) in [6.45, 7) is 0.725. The Balaban J connectivity index is 1.65. The molecule has 0 fully saturated rings. The van der Waals surface area contributed by atoms with Gasteiger partial charge in [-0.05, 0) is 42.2 Å². The first kappa shape index (κ1) is 14.6. The molecule has 0 bridgehead atoms. The second-order valence-corrected chi connectivity index (χ2v) is 6.90. The van der Waals surface area contributed by atoms with E-state index in [0.29, 0.717) is 6.04 Å². The largest absolute Gasteiger partial charge is 0.504 e. The Kier molecular flexibility index (Phi) is 3.15. The molecule has 1 aliphatic heterocycles. The average molecular weight is 333 g/mol. The first-order valence-electron chi connectivity index (χ1n) is 8.67. The van der Waals surface area contributed by atoms with Crippen LogP contribution in [-0.4, -0.2) is 16.3 Å². The van der Waals surface area contributed by atoms with Crippen molar-refractivity contribution in [2.75, 3.05) is 0 Å². The van der Waals surface area contributed by atoms with Gasteiger partial charge in [-0.1, -0.05) is 30.3 Å². The van der Waals surface area contributed by atoms with Gasteiger partial charge in [0.05, 0.1) is 6.54 Å². The fourth-order valence-corrected chi connectivity index (χ4v) is 4.25. The van der Waals surface area contributed by atoms with E-state index in [1.54, 1.807) is 12.1 Å². The zero-order chi connectivity index (χ0) is 17.0. The van der Waals surface area contributed by atoms with Gasteiger partial charge in [-0.15, -0.1) is 0 Å². The van der Waals surface area contributed by atoms with E-state index >= 15 is 0 Å². The summed E-state index contributed by atoms with van der Waals surface area (Å²) in [7, 11) is 0. The Morgan fingerprint density at radius 1 is 0.960 bits per heavy atom. The van der Waals surface area contributed by atoms with E-state index in [1.807, 2.05) is 30.3 Å². The SMILES string of the molecule is Oc1cc2c(cc1O)[C@H]1c3cc(-c4ccccc4)oc3CN[C@@H]1CC2. The van der Waals surface area contributed by atoms with Crippen LogP contribution in [0.25, 0.3) is 11.3 Å². The molecule has 2 heterocycles. The van der Waals surface area contributed by atoms with E-state index in [9.17, 15) is 10.2 Å². The summed E-state index contributed by atoms with van der Waals surface area (Å²) in [5.74, 6) is 1.88. The summed E-state index contributed by atoms with van der Waals surface area (Å²) in [6.07, 6.45) is 1.91. The van der Waals surface area contributed by atoms with Crippen molar-refractivity contribution in [2.45, 2.75) is 31.3 Å². The Hall–Kier alpha value is -2.72. The lowest BCUT2D eigenvalue weighted by Crippen LogP contribution is -2.42. The van der Waals surface area contributed by atoms with Crippen LogP contribution in [0.15, 0.2) is 52.9 Å². The zero-order valence-electron chi connectivity index (χ0n) is 13.7. The quantitative estimate of drug-likeness (QED) is 0.591. The van der Waals surface area contributed by atoms with Gasteiger partial charge in [-0.2, -0.15) is 0 Å². The van der Waals surface area contributed by atoms with Crippen LogP contribution in [0.5, 0.6) is 11.5 Å². The van der Waals surface area contributed by atoms with Crippen molar-refractivity contribution in [3.05, 3.63) is 71.0 Å². The van der Waals surface area contributed by atoms with E-state index < -0.39 is 0 Å². The third-order valence-corrected chi connectivity index (χ3v) is 5.46. The molecule has 5 rings (SSSR count). The molecule has 0 amide bonds. The lowest BCUT2D eigenvalue weighted by Gasteiger charge is -2.37. The number of benzene rings is 2. The van der Waals surface area contributed by atoms with Gasteiger partial charge in [-0.25, -0.2) is 0 Å². The Morgan fingerprint density at radius 3 is 2.60 bits per heavy atom. The highest BCUT2D eigenvalue weighted by molar-refractivity contribution is 5.61. The summed E-state index contributed by atoms with van der Waals surface area (Å²) in [5, 5.41) is 23.4. The van der Waals surface area contributed by atoms with E-state index in [1.165, 1.54) is 5.56 Å². The van der Waals surface area contributed by atoms with Crippen molar-refractivity contribution >= 4 is 0 Å². The molecule has 0 spiro atoms. The number of fused-ring (bicyclic) bond motifs is 5. The molecule has 0 unspecified atom stereocenters. The van der Waals surface area contributed by atoms with Crippen LogP contribution >= 0.6 is 0 Å². The molecule has 25 heavy (non-hydrogen) atoms. The number of hydrogen-bond acceptors (Lipinski definition) is 4. The van der Waals surface area contributed by atoms with Crippen molar-refractivity contribution in [3.8, 4) is 22.8 Å². The lowest BCUT2D eigenvalue weighted by molar-refractivity contribution is 0.354. The van der Waals surface area contributed by atoms with Crippen LogP contribution in [0.2, 0.25) is 0 Å². The van der Waals surface area contributed by atoms with E-state index in [2.05, 4.69) is 11.4 Å². The van der Waals surface area contributed by atoms with Crippen LogP contribution in [0.1, 0.15) is 34.8 Å². The van der Waals surface area contributed by atoms with Gasteiger partial charge in [0.25, 0.3) is 0 Å². The van der Waals surface area contributed by atoms with E-state index in [0.717, 1.165) is 47.6 Å². The van der Waals surface area contributed by atoms with Crippen molar-refractivity contribution in [1.82, 2.24) is 5.32 Å². The minimum absolute atomic E-state index is 0.0432. The molecule has 1 aromatic heterocycles. The highest BCUT2D eigenvalue weighted by Crippen LogP contribution is 2.45. The fourth-order valence-electron chi connectivity index (χ4n) is 4.25. The lowest BCUT2D eigenvalue weighted by atomic mass is 9.73. The van der Waals surface area contributed by atoms with Crippen LogP contribution in [0, 0.1) is 0 Å². The predicted molar refractivity (Wildman–Crippen MR) is 94.7 cm³/mol. The molecule has 0 saturated carbocycles. The summed E-state index contributed by atoms with van der Waals surface area (Å²) >= 11 is 0. The second-order valence-electron chi connectivity index (χ2n) is 6.90. The molecule has 2 atom stereocenters. The van der Waals surface area contributed by atoms with Crippen LogP contribution < -0.4 is 5.32 Å².